The Kier molecular flexibility index (Phi) is 4.82. The van der Waals surface area contributed by atoms with E-state index in [0.717, 1.165) is 0 Å². The van der Waals surface area contributed by atoms with Crippen molar-refractivity contribution in [3.05, 3.63) is 46.3 Å². The van der Waals surface area contributed by atoms with E-state index in [4.69, 9.17) is 16.1 Å². The lowest BCUT2D eigenvalue weighted by atomic mass is 10.2. The number of halogens is 1. The fourth-order valence-corrected chi connectivity index (χ4v) is 1.97. The molecular weight excluding hydrogens is 306 g/mol. The Bertz CT molecular complexity index is 675. The molecule has 0 radical (unpaired) electrons. The van der Waals surface area contributed by atoms with Crippen LogP contribution in [0.3, 0.4) is 0 Å². The van der Waals surface area contributed by atoms with Gasteiger partial charge in [0, 0.05) is 10.6 Å². The monoisotopic (exact) mass is 321 g/mol. The molecule has 0 saturated carbocycles. The zero-order valence-electron chi connectivity index (χ0n) is 12.4. The van der Waals surface area contributed by atoms with E-state index in [1.807, 2.05) is 0 Å². The molecule has 0 unspecified atom stereocenters. The third kappa shape index (κ3) is 3.65. The molecule has 0 fully saturated rings. The molecular formula is C15H16ClN3O3. The Morgan fingerprint density at radius 3 is 2.41 bits per heavy atom. The van der Waals surface area contributed by atoms with Gasteiger partial charge in [0.05, 0.1) is 0 Å². The molecule has 1 heterocycles. The Labute approximate surface area is 132 Å². The van der Waals surface area contributed by atoms with Crippen LogP contribution in [0.25, 0.3) is 0 Å². The molecule has 0 aliphatic heterocycles. The van der Waals surface area contributed by atoms with Crippen LogP contribution in [0.1, 0.15) is 28.7 Å². The van der Waals surface area contributed by atoms with Crippen LogP contribution in [0.15, 0.2) is 28.8 Å². The molecule has 2 N–H and O–H groups in total. The van der Waals surface area contributed by atoms with E-state index in [1.165, 1.54) is 0 Å². The largest absolute Gasteiger partial charge is 0.359 e. The van der Waals surface area contributed by atoms with Gasteiger partial charge in [-0.3, -0.25) is 9.59 Å². The number of nitrogens with one attached hydrogen (secondary N) is 2. The fourth-order valence-electron chi connectivity index (χ4n) is 1.84. The van der Waals surface area contributed by atoms with Gasteiger partial charge in [0.25, 0.3) is 5.91 Å². The smallest absolute Gasteiger partial charge is 0.251 e. The number of carbonyl (C=O) groups excluding carboxylic acids is 2. The van der Waals surface area contributed by atoms with Crippen molar-refractivity contribution in [3.8, 4) is 0 Å². The summed E-state index contributed by atoms with van der Waals surface area (Å²) in [5, 5.41) is 9.61. The molecule has 1 aromatic heterocycles. The van der Waals surface area contributed by atoms with E-state index in [1.54, 1.807) is 45.0 Å². The second-order valence-electron chi connectivity index (χ2n) is 4.89. The highest BCUT2D eigenvalue weighted by Gasteiger charge is 2.19. The molecule has 0 aliphatic carbocycles. The molecule has 0 spiro atoms. The number of rotatable bonds is 4. The molecule has 22 heavy (non-hydrogen) atoms. The standard InChI is InChI=1S/C15H16ClN3O3/c1-8-13(10(3)22-19-8)18-14(20)9(2)17-15(21)11-4-6-12(16)7-5-11/h4-7,9H,1-3H3,(H,17,21)(H,18,20)/t9-/m0/s1. The first kappa shape index (κ1) is 16.0. The minimum atomic E-state index is -0.711. The van der Waals surface area contributed by atoms with Gasteiger partial charge in [0.15, 0.2) is 5.76 Å². The lowest BCUT2D eigenvalue weighted by Gasteiger charge is -2.14. The Morgan fingerprint density at radius 1 is 1.23 bits per heavy atom. The van der Waals surface area contributed by atoms with E-state index in [2.05, 4.69) is 15.8 Å². The van der Waals surface area contributed by atoms with E-state index in [0.29, 0.717) is 27.7 Å². The van der Waals surface area contributed by atoms with Crippen LogP contribution in [0, 0.1) is 13.8 Å². The minimum absolute atomic E-state index is 0.349. The van der Waals surface area contributed by atoms with Crippen LogP contribution in [0.4, 0.5) is 5.69 Å². The van der Waals surface area contributed by atoms with E-state index in [-0.39, 0.29) is 11.8 Å². The summed E-state index contributed by atoms with van der Waals surface area (Å²) >= 11 is 5.77. The molecule has 1 atom stereocenters. The van der Waals surface area contributed by atoms with Crippen molar-refractivity contribution in [1.29, 1.82) is 0 Å². The molecule has 1 aromatic carbocycles. The zero-order valence-corrected chi connectivity index (χ0v) is 13.2. The number of carbonyl (C=O) groups is 2. The van der Waals surface area contributed by atoms with Crippen LogP contribution in [0.2, 0.25) is 5.02 Å². The lowest BCUT2D eigenvalue weighted by Crippen LogP contribution is -2.41. The van der Waals surface area contributed by atoms with Crippen LogP contribution < -0.4 is 10.6 Å². The van der Waals surface area contributed by atoms with Crippen molar-refractivity contribution in [2.24, 2.45) is 0 Å². The first-order chi connectivity index (χ1) is 10.4. The number of benzene rings is 1. The minimum Gasteiger partial charge on any atom is -0.359 e. The fraction of sp³-hybridized carbons (Fsp3) is 0.267. The highest BCUT2D eigenvalue weighted by molar-refractivity contribution is 6.30. The summed E-state index contributed by atoms with van der Waals surface area (Å²) in [5.74, 6) is -0.183. The van der Waals surface area contributed by atoms with Crippen molar-refractivity contribution in [2.45, 2.75) is 26.8 Å². The highest BCUT2D eigenvalue weighted by Crippen LogP contribution is 2.18. The Balaban J connectivity index is 1.99. The van der Waals surface area contributed by atoms with Crippen LogP contribution in [-0.2, 0) is 4.79 Å². The maximum Gasteiger partial charge on any atom is 0.251 e. The number of nitrogens with zero attached hydrogens (tertiary/aromatic N) is 1. The molecule has 2 amide bonds. The van der Waals surface area contributed by atoms with Gasteiger partial charge in [-0.2, -0.15) is 0 Å². The van der Waals surface area contributed by atoms with Gasteiger partial charge < -0.3 is 15.2 Å². The number of anilines is 1. The molecule has 6 nitrogen and oxygen atoms in total. The van der Waals surface area contributed by atoms with E-state index >= 15 is 0 Å². The van der Waals surface area contributed by atoms with Gasteiger partial charge >= 0.3 is 0 Å². The molecule has 2 aromatic rings. The normalized spacial score (nSPS) is 11.8. The molecule has 0 aliphatic rings. The van der Waals surface area contributed by atoms with E-state index < -0.39 is 6.04 Å². The Morgan fingerprint density at radius 2 is 1.86 bits per heavy atom. The lowest BCUT2D eigenvalue weighted by molar-refractivity contribution is -0.117. The van der Waals surface area contributed by atoms with Crippen LogP contribution in [-0.4, -0.2) is 23.0 Å². The highest BCUT2D eigenvalue weighted by atomic mass is 35.5. The zero-order chi connectivity index (χ0) is 16.3. The number of hydrogen-bond acceptors (Lipinski definition) is 4. The topological polar surface area (TPSA) is 84.2 Å². The Hall–Kier alpha value is -2.34. The van der Waals surface area contributed by atoms with Gasteiger partial charge in [0.2, 0.25) is 5.91 Å². The third-order valence-electron chi connectivity index (χ3n) is 3.13. The van der Waals surface area contributed by atoms with Gasteiger partial charge in [-0.05, 0) is 45.0 Å². The number of aryl methyl sites for hydroxylation is 2. The van der Waals surface area contributed by atoms with Gasteiger partial charge in [0.1, 0.15) is 17.4 Å². The van der Waals surface area contributed by atoms with Crippen LogP contribution >= 0.6 is 11.6 Å². The molecule has 116 valence electrons. The molecule has 0 bridgehead atoms. The van der Waals surface area contributed by atoms with Crippen molar-refractivity contribution in [3.63, 3.8) is 0 Å². The summed E-state index contributed by atoms with van der Waals surface area (Å²) in [6.45, 7) is 5.02. The van der Waals surface area contributed by atoms with Crippen molar-refractivity contribution < 1.29 is 14.1 Å². The summed E-state index contributed by atoms with van der Waals surface area (Å²) in [7, 11) is 0. The summed E-state index contributed by atoms with van der Waals surface area (Å²) in [5.41, 5.74) is 1.54. The number of hydrogen-bond donors (Lipinski definition) is 2. The van der Waals surface area contributed by atoms with Crippen molar-refractivity contribution >= 4 is 29.1 Å². The third-order valence-corrected chi connectivity index (χ3v) is 3.38. The van der Waals surface area contributed by atoms with Crippen molar-refractivity contribution in [1.82, 2.24) is 10.5 Å². The SMILES string of the molecule is Cc1noc(C)c1NC(=O)[C@H](C)NC(=O)c1ccc(Cl)cc1. The van der Waals surface area contributed by atoms with Crippen molar-refractivity contribution in [2.75, 3.05) is 5.32 Å². The predicted octanol–water partition coefficient (Wildman–Crippen LogP) is 2.70. The van der Waals surface area contributed by atoms with Gasteiger partial charge in [-0.1, -0.05) is 16.8 Å². The van der Waals surface area contributed by atoms with Gasteiger partial charge in [-0.15, -0.1) is 0 Å². The quantitative estimate of drug-likeness (QED) is 0.906. The average Bonchev–Trinajstić information content (AvgIpc) is 2.79. The molecule has 2 rings (SSSR count). The second kappa shape index (κ2) is 6.62. The molecule has 0 saturated heterocycles. The number of aromatic nitrogens is 1. The maximum absolute atomic E-state index is 12.1. The van der Waals surface area contributed by atoms with E-state index in [9.17, 15) is 9.59 Å². The second-order valence-corrected chi connectivity index (χ2v) is 5.33. The first-order valence-electron chi connectivity index (χ1n) is 6.68. The average molecular weight is 322 g/mol. The predicted molar refractivity (Wildman–Crippen MR) is 83.0 cm³/mol. The maximum atomic E-state index is 12.1. The molecule has 7 heteroatoms. The summed E-state index contributed by atoms with van der Waals surface area (Å²) in [4.78, 5) is 24.2. The van der Waals surface area contributed by atoms with Crippen LogP contribution in [0.5, 0.6) is 0 Å². The summed E-state index contributed by atoms with van der Waals surface area (Å²) in [6.07, 6.45) is 0. The summed E-state index contributed by atoms with van der Waals surface area (Å²) in [6, 6.07) is 5.71. The summed E-state index contributed by atoms with van der Waals surface area (Å²) < 4.78 is 4.97. The van der Waals surface area contributed by atoms with Gasteiger partial charge in [-0.25, -0.2) is 0 Å². The number of amides is 2. The first-order valence-corrected chi connectivity index (χ1v) is 7.06.